The summed E-state index contributed by atoms with van der Waals surface area (Å²) in [5.41, 5.74) is 4.12. The number of carbonyl (C=O) groups is 5. The van der Waals surface area contributed by atoms with Crippen LogP contribution in [0.25, 0.3) is 0 Å². The summed E-state index contributed by atoms with van der Waals surface area (Å²) in [5.74, 6) is 0.448. The molecule has 0 N–H and O–H groups in total. The molecule has 254 valence electrons. The maximum atomic E-state index is 12.2. The molecule has 0 aliphatic heterocycles. The number of halogens is 1. The average Bonchev–Trinajstić information content (AvgIpc) is 3.03. The van der Waals surface area contributed by atoms with Crippen molar-refractivity contribution in [3.05, 3.63) is 57.7 Å². The Kier molecular flexibility index (Phi) is 35.9. The Hall–Kier alpha value is 0.170. The fourth-order valence-corrected chi connectivity index (χ4v) is 5.35. The maximum absolute atomic E-state index is 12.2. The van der Waals surface area contributed by atoms with Gasteiger partial charge in [0.15, 0.2) is 5.78 Å². The van der Waals surface area contributed by atoms with E-state index in [0.717, 1.165) is 41.4 Å². The van der Waals surface area contributed by atoms with Crippen molar-refractivity contribution in [1.82, 2.24) is 0 Å². The molecule has 4 rings (SSSR count). The number of allylic oxidation sites excluding steroid dienone is 10. The van der Waals surface area contributed by atoms with E-state index in [-0.39, 0.29) is 131 Å². The van der Waals surface area contributed by atoms with Gasteiger partial charge in [-0.15, -0.1) is 37.8 Å². The van der Waals surface area contributed by atoms with Crippen LogP contribution in [0.2, 0.25) is 0 Å². The van der Waals surface area contributed by atoms with Gasteiger partial charge < -0.3 is 4.79 Å². The quantitative estimate of drug-likeness (QED) is 0.0901. The van der Waals surface area contributed by atoms with Crippen LogP contribution < -0.4 is 0 Å². The van der Waals surface area contributed by atoms with E-state index in [4.69, 9.17) is 0 Å². The Bertz CT molecular complexity index is 1120. The number of hydrogen-bond acceptors (Lipinski definition) is 5. The van der Waals surface area contributed by atoms with Gasteiger partial charge in [-0.3, -0.25) is 31.3 Å². The Balaban J connectivity index is -0.000000283. The third kappa shape index (κ3) is 19.4. The summed E-state index contributed by atoms with van der Waals surface area (Å²) in [6, 6.07) is 0. The minimum Gasteiger partial charge on any atom is -0.303 e. The molecule has 8 heteroatoms. The first-order valence-corrected chi connectivity index (χ1v) is 16.4. The van der Waals surface area contributed by atoms with Crippen molar-refractivity contribution in [2.75, 3.05) is 0 Å². The Morgan fingerprint density at radius 1 is 0.652 bits per heavy atom. The molecule has 0 unspecified atom stereocenters. The third-order valence-electron chi connectivity index (χ3n) is 8.07. The zero-order valence-corrected chi connectivity index (χ0v) is 39.6. The van der Waals surface area contributed by atoms with E-state index in [1.807, 2.05) is 54.5 Å². The summed E-state index contributed by atoms with van der Waals surface area (Å²) >= 11 is 0. The average molecular weight is 999 g/mol. The first-order chi connectivity index (χ1) is 20.6. The molecule has 0 aromatic rings. The van der Waals surface area contributed by atoms with E-state index in [1.54, 1.807) is 13.0 Å². The van der Waals surface area contributed by atoms with Crippen LogP contribution in [0.4, 0.5) is 0 Å². The summed E-state index contributed by atoms with van der Waals surface area (Å²) in [7, 11) is 0. The first kappa shape index (κ1) is 53.0. The van der Waals surface area contributed by atoms with Gasteiger partial charge in [-0.25, -0.2) is 11.1 Å². The molecule has 0 atom stereocenters. The molecular weight excluding hydrogens is 941 g/mol. The number of Topliss-reactive ketones (excluding diaryl/α,β-unsaturated/α-hetero) is 3. The van der Waals surface area contributed by atoms with Crippen molar-refractivity contribution in [3.8, 4) is 0 Å². The van der Waals surface area contributed by atoms with Gasteiger partial charge in [-0.05, 0) is 68.6 Å². The second-order valence-corrected chi connectivity index (χ2v) is 11.0. The molecule has 0 aromatic heterocycles. The molecule has 0 bridgehead atoms. The summed E-state index contributed by atoms with van der Waals surface area (Å²) in [6.07, 6.45) is 23.4. The van der Waals surface area contributed by atoms with Crippen molar-refractivity contribution in [2.45, 2.75) is 139 Å². The van der Waals surface area contributed by atoms with E-state index in [2.05, 4.69) is 12.2 Å². The van der Waals surface area contributed by atoms with E-state index >= 15 is 0 Å². The summed E-state index contributed by atoms with van der Waals surface area (Å²) in [4.78, 5) is 56.5. The number of aldehydes is 1. The van der Waals surface area contributed by atoms with Crippen molar-refractivity contribution < 1.29 is 95.2 Å². The van der Waals surface area contributed by atoms with E-state index < -0.39 is 0 Å². The Labute approximate surface area is 353 Å². The molecular formula is C38H57ILa2O5-2. The van der Waals surface area contributed by atoms with Gasteiger partial charge in [0.2, 0.25) is 0 Å². The normalized spacial score (nSPS) is 18.0. The van der Waals surface area contributed by atoms with E-state index in [1.165, 1.54) is 58.3 Å². The topological polar surface area (TPSA) is 85.3 Å². The number of hydrogen-bond donors (Lipinski definition) is 0. The monoisotopic (exact) mass is 998 g/mol. The van der Waals surface area contributed by atoms with Crippen LogP contribution in [0.1, 0.15) is 139 Å². The van der Waals surface area contributed by atoms with Gasteiger partial charge in [0, 0.05) is 77.1 Å². The predicted molar refractivity (Wildman–Crippen MR) is 192 cm³/mol. The van der Waals surface area contributed by atoms with E-state index in [0.29, 0.717) is 23.0 Å². The molecule has 0 heterocycles. The number of carbonyl (C=O) groups excluding carboxylic acids is 5. The van der Waals surface area contributed by atoms with Gasteiger partial charge in [-0.1, -0.05) is 86.1 Å². The SMILES string of the molecule is CC.CC.CC(=O)C1=C(C)C(C)=[C-]CC1=O.CC1=[C-]CC(=O)C(C(=O)/C=C/C2CCCCC2)=C1C.I.O=CC1CCCCC1.[La].[La]. The van der Waals surface area contributed by atoms with Crippen molar-refractivity contribution in [3.63, 3.8) is 0 Å². The van der Waals surface area contributed by atoms with Gasteiger partial charge in [0.25, 0.3) is 0 Å². The van der Waals surface area contributed by atoms with E-state index in [9.17, 15) is 24.0 Å². The summed E-state index contributed by atoms with van der Waals surface area (Å²) in [5, 5.41) is 0. The van der Waals surface area contributed by atoms with Gasteiger partial charge in [0.1, 0.15) is 23.6 Å². The number of rotatable bonds is 5. The second-order valence-electron chi connectivity index (χ2n) is 11.0. The van der Waals surface area contributed by atoms with Crippen LogP contribution in [0.5, 0.6) is 0 Å². The first-order valence-electron chi connectivity index (χ1n) is 16.4. The minimum atomic E-state index is -0.140. The van der Waals surface area contributed by atoms with Crippen molar-refractivity contribution >= 4 is 53.4 Å². The molecule has 0 aromatic carbocycles. The smallest absolute Gasteiger partial charge is 0.171 e. The predicted octanol–water partition coefficient (Wildman–Crippen LogP) is 9.78. The molecule has 0 saturated heterocycles. The summed E-state index contributed by atoms with van der Waals surface area (Å²) in [6.45, 7) is 16.8. The second kappa shape index (κ2) is 31.2. The Morgan fingerprint density at radius 3 is 1.37 bits per heavy atom. The van der Waals surface area contributed by atoms with Gasteiger partial charge >= 0.3 is 0 Å². The third-order valence-corrected chi connectivity index (χ3v) is 8.07. The van der Waals surface area contributed by atoms with Crippen LogP contribution in [-0.4, -0.2) is 29.4 Å². The van der Waals surface area contributed by atoms with Crippen LogP contribution in [0.3, 0.4) is 0 Å². The molecule has 4 aliphatic rings. The molecule has 2 radical (unpaired) electrons. The maximum Gasteiger partial charge on any atom is 0.171 e. The minimum absolute atomic E-state index is 0. The fourth-order valence-electron chi connectivity index (χ4n) is 5.35. The molecule has 4 aliphatic carbocycles. The largest absolute Gasteiger partial charge is 0.303 e. The summed E-state index contributed by atoms with van der Waals surface area (Å²) < 4.78 is 0. The van der Waals surface area contributed by atoms with Crippen LogP contribution in [0, 0.1) is 95.2 Å². The molecule has 2 fully saturated rings. The fraction of sp³-hybridized carbons (Fsp3) is 0.605. The molecule has 0 amide bonds. The van der Waals surface area contributed by atoms with Crippen molar-refractivity contribution in [2.24, 2.45) is 11.8 Å². The zero-order valence-electron chi connectivity index (χ0n) is 30.0. The van der Waals surface area contributed by atoms with Crippen LogP contribution >= 0.6 is 24.0 Å². The molecule has 0 spiro atoms. The van der Waals surface area contributed by atoms with Gasteiger partial charge in [0.05, 0.1) is 0 Å². The zero-order chi connectivity index (χ0) is 32.9. The molecule has 5 nitrogen and oxygen atoms in total. The van der Waals surface area contributed by atoms with Gasteiger partial charge in [-0.2, -0.15) is 11.1 Å². The number of ketones is 4. The Morgan fingerprint density at radius 2 is 1.02 bits per heavy atom. The van der Waals surface area contributed by atoms with Crippen molar-refractivity contribution in [1.29, 1.82) is 0 Å². The standard InChI is InChI=1S/C17H21O2.C10H11O2.C7H12O.2C2H6.HI.2La/c1-12-8-10-15(18)17(13(12)2)16(19)11-9-14-6-4-3-5-7-14;1-6-4-5-9(12)10(7(6)2)8(3)11;8-6-7-4-2-1-3-5-7;2*1-2;;;/h9,11,14H,3-7,10H2,1-2H3;5H2,1-3H3;6-7H,1-5H2;2*1-2H3;1H;;/q2*-1;;;;;;/b11-9+;;;;;;;. The van der Waals surface area contributed by atoms with Crippen LogP contribution in [-0.2, 0) is 24.0 Å². The van der Waals surface area contributed by atoms with Crippen LogP contribution in [0.15, 0.2) is 45.6 Å². The molecule has 2 saturated carbocycles. The molecule has 46 heavy (non-hydrogen) atoms.